The lowest BCUT2D eigenvalue weighted by molar-refractivity contribution is 0.0135. The van der Waals surface area contributed by atoms with Crippen LogP contribution in [0.3, 0.4) is 0 Å². The van der Waals surface area contributed by atoms with Gasteiger partial charge in [0.25, 0.3) is 0 Å². The molecule has 0 radical (unpaired) electrons. The second-order valence-electron chi connectivity index (χ2n) is 6.74. The van der Waals surface area contributed by atoms with Crippen LogP contribution in [0.5, 0.6) is 0 Å². The lowest BCUT2D eigenvalue weighted by Crippen LogP contribution is -2.53. The molecule has 1 atom stereocenters. The predicted molar refractivity (Wildman–Crippen MR) is 99.2 cm³/mol. The third-order valence-corrected chi connectivity index (χ3v) is 4.93. The van der Waals surface area contributed by atoms with Gasteiger partial charge in [0.05, 0.1) is 6.20 Å². The van der Waals surface area contributed by atoms with E-state index in [4.69, 9.17) is 0 Å². The number of likely N-dealkylation sites (tertiary alicyclic amines) is 1. The quantitative estimate of drug-likeness (QED) is 0.700. The van der Waals surface area contributed by atoms with Gasteiger partial charge in [0.15, 0.2) is 0 Å². The Kier molecular flexibility index (Phi) is 4.15. The summed E-state index contributed by atoms with van der Waals surface area (Å²) < 4.78 is 1.80. The van der Waals surface area contributed by atoms with Crippen molar-refractivity contribution < 1.29 is 5.11 Å². The molecule has 0 saturated carbocycles. The highest BCUT2D eigenvalue weighted by molar-refractivity contribution is 5.88. The number of nitrogens with one attached hydrogen (secondary N) is 1. The Morgan fingerprint density at radius 3 is 2.76 bits per heavy atom. The van der Waals surface area contributed by atoms with Crippen LogP contribution in [-0.4, -0.2) is 50.6 Å². The van der Waals surface area contributed by atoms with Gasteiger partial charge < -0.3 is 15.3 Å². The van der Waals surface area contributed by atoms with Crippen LogP contribution >= 0.6 is 0 Å². The molecule has 2 aromatic heterocycles. The highest BCUT2D eigenvalue weighted by Gasteiger charge is 2.31. The summed E-state index contributed by atoms with van der Waals surface area (Å²) in [6, 6.07) is 8.27. The van der Waals surface area contributed by atoms with Gasteiger partial charge in [-0.25, -0.2) is 4.98 Å². The number of aliphatic hydroxyl groups excluding tert-OH is 1. The lowest BCUT2D eigenvalue weighted by Gasteiger charge is -2.41. The zero-order valence-electron chi connectivity index (χ0n) is 14.6. The monoisotopic (exact) mass is 337 g/mol. The molecular formula is C19H23N5O. The number of hydrogen-bond donors (Lipinski definition) is 2. The zero-order valence-corrected chi connectivity index (χ0v) is 14.6. The molecule has 4 rings (SSSR count). The van der Waals surface area contributed by atoms with Crippen molar-refractivity contribution >= 4 is 16.6 Å². The lowest BCUT2D eigenvalue weighted by atomic mass is 9.98. The van der Waals surface area contributed by atoms with E-state index in [0.29, 0.717) is 5.82 Å². The third-order valence-electron chi connectivity index (χ3n) is 4.93. The Hall–Kier alpha value is -2.44. The first-order chi connectivity index (χ1) is 12.1. The van der Waals surface area contributed by atoms with Gasteiger partial charge in [-0.3, -0.25) is 4.68 Å². The van der Waals surface area contributed by atoms with Crippen LogP contribution in [0.25, 0.3) is 21.9 Å². The number of rotatable bonds is 5. The van der Waals surface area contributed by atoms with Gasteiger partial charge >= 0.3 is 0 Å². The number of fused-ring (bicyclic) bond motifs is 1. The molecule has 1 aliphatic heterocycles. The Morgan fingerprint density at radius 2 is 2.04 bits per heavy atom. The molecule has 3 aromatic rings. The first-order valence-corrected chi connectivity index (χ1v) is 8.68. The van der Waals surface area contributed by atoms with Gasteiger partial charge in [-0.1, -0.05) is 19.1 Å². The largest absolute Gasteiger partial charge is 0.373 e. The van der Waals surface area contributed by atoms with Crippen molar-refractivity contribution in [1.82, 2.24) is 19.7 Å². The molecule has 25 heavy (non-hydrogen) atoms. The van der Waals surface area contributed by atoms with Gasteiger partial charge in [-0.15, -0.1) is 0 Å². The Balaban J connectivity index is 1.54. The standard InChI is InChI=1S/C19H23N5O/c1-3-24-11-17(12-24)19(25)22-18-7-15-6-13(4-5-14(15)8-20-18)16-9-21-23(2)10-16/h4-10,17,19,25H,3,11-12H2,1-2H3,(H,20,22). The van der Waals surface area contributed by atoms with Gasteiger partial charge in [0, 0.05) is 49.4 Å². The van der Waals surface area contributed by atoms with E-state index < -0.39 is 6.23 Å². The van der Waals surface area contributed by atoms with Crippen molar-refractivity contribution in [2.24, 2.45) is 13.0 Å². The van der Waals surface area contributed by atoms with Crippen molar-refractivity contribution in [2.45, 2.75) is 13.2 Å². The molecule has 130 valence electrons. The predicted octanol–water partition coefficient (Wildman–Crippen LogP) is 2.32. The number of anilines is 1. The number of benzene rings is 1. The van der Waals surface area contributed by atoms with Gasteiger partial charge in [0.1, 0.15) is 12.0 Å². The third kappa shape index (κ3) is 3.23. The molecular weight excluding hydrogens is 314 g/mol. The first-order valence-electron chi connectivity index (χ1n) is 8.68. The smallest absolute Gasteiger partial charge is 0.130 e. The fourth-order valence-electron chi connectivity index (χ4n) is 3.31. The number of aromatic nitrogens is 3. The van der Waals surface area contributed by atoms with Crippen molar-refractivity contribution in [3.63, 3.8) is 0 Å². The first kappa shape index (κ1) is 16.1. The summed E-state index contributed by atoms with van der Waals surface area (Å²) in [6.07, 6.45) is 5.15. The Bertz CT molecular complexity index is 884. The zero-order chi connectivity index (χ0) is 17.4. The summed E-state index contributed by atoms with van der Waals surface area (Å²) in [4.78, 5) is 6.74. The summed E-state index contributed by atoms with van der Waals surface area (Å²) >= 11 is 0. The topological polar surface area (TPSA) is 66.2 Å². The highest BCUT2D eigenvalue weighted by atomic mass is 16.3. The van der Waals surface area contributed by atoms with E-state index in [1.165, 1.54) is 0 Å². The average molecular weight is 337 g/mol. The summed E-state index contributed by atoms with van der Waals surface area (Å²) in [5.74, 6) is 0.970. The van der Waals surface area contributed by atoms with Gasteiger partial charge in [-0.05, 0) is 29.6 Å². The number of nitrogens with zero attached hydrogens (tertiary/aromatic N) is 4. The molecule has 0 aliphatic carbocycles. The minimum Gasteiger partial charge on any atom is -0.373 e. The minimum absolute atomic E-state index is 0.263. The van der Waals surface area contributed by atoms with Crippen LogP contribution in [0.15, 0.2) is 42.9 Å². The fourth-order valence-corrected chi connectivity index (χ4v) is 3.31. The average Bonchev–Trinajstić information content (AvgIpc) is 3.00. The molecule has 0 spiro atoms. The SMILES string of the molecule is CCN1CC(C(O)Nc2cc3cc(-c4cnn(C)c4)ccc3cn2)C1. The molecule has 1 aromatic carbocycles. The minimum atomic E-state index is -0.561. The normalized spacial score (nSPS) is 16.8. The van der Waals surface area contributed by atoms with Crippen molar-refractivity contribution in [2.75, 3.05) is 25.0 Å². The summed E-state index contributed by atoms with van der Waals surface area (Å²) in [5.41, 5.74) is 2.21. The van der Waals surface area contributed by atoms with Crippen LogP contribution in [0, 0.1) is 5.92 Å². The summed E-state index contributed by atoms with van der Waals surface area (Å²) in [6.45, 7) is 5.04. The molecule has 2 N–H and O–H groups in total. The van der Waals surface area contributed by atoms with E-state index in [9.17, 15) is 5.11 Å². The molecule has 0 bridgehead atoms. The van der Waals surface area contributed by atoms with Crippen LogP contribution < -0.4 is 5.32 Å². The summed E-state index contributed by atoms with van der Waals surface area (Å²) in [7, 11) is 1.91. The Morgan fingerprint density at radius 1 is 1.20 bits per heavy atom. The molecule has 3 heterocycles. The molecule has 1 fully saturated rings. The number of hydrogen-bond acceptors (Lipinski definition) is 5. The van der Waals surface area contributed by atoms with E-state index in [0.717, 1.165) is 41.5 Å². The van der Waals surface area contributed by atoms with Crippen LogP contribution in [0.2, 0.25) is 0 Å². The second-order valence-corrected chi connectivity index (χ2v) is 6.74. The molecule has 6 heteroatoms. The summed E-state index contributed by atoms with van der Waals surface area (Å²) in [5, 5.41) is 19.9. The number of pyridine rings is 1. The molecule has 1 aliphatic rings. The van der Waals surface area contributed by atoms with E-state index in [1.54, 1.807) is 4.68 Å². The van der Waals surface area contributed by atoms with Crippen molar-refractivity contribution in [3.05, 3.63) is 42.9 Å². The van der Waals surface area contributed by atoms with E-state index >= 15 is 0 Å². The molecule has 6 nitrogen and oxygen atoms in total. The molecule has 0 amide bonds. The molecule has 1 unspecified atom stereocenters. The number of aryl methyl sites for hydroxylation is 1. The maximum absolute atomic E-state index is 10.4. The van der Waals surface area contributed by atoms with Crippen molar-refractivity contribution in [3.8, 4) is 11.1 Å². The van der Waals surface area contributed by atoms with E-state index in [-0.39, 0.29) is 5.92 Å². The maximum atomic E-state index is 10.4. The highest BCUT2D eigenvalue weighted by Crippen LogP contribution is 2.26. The maximum Gasteiger partial charge on any atom is 0.130 e. The van der Waals surface area contributed by atoms with Gasteiger partial charge in [0.2, 0.25) is 0 Å². The van der Waals surface area contributed by atoms with Crippen LogP contribution in [-0.2, 0) is 7.05 Å². The molecule has 1 saturated heterocycles. The van der Waals surface area contributed by atoms with E-state index in [1.807, 2.05) is 31.7 Å². The van der Waals surface area contributed by atoms with Crippen molar-refractivity contribution in [1.29, 1.82) is 0 Å². The Labute approximate surface area is 147 Å². The second kappa shape index (κ2) is 6.46. The fraction of sp³-hybridized carbons (Fsp3) is 0.368. The van der Waals surface area contributed by atoms with E-state index in [2.05, 4.69) is 45.4 Å². The van der Waals surface area contributed by atoms with Gasteiger partial charge in [-0.2, -0.15) is 5.10 Å². The van der Waals surface area contributed by atoms with Crippen LogP contribution in [0.1, 0.15) is 6.92 Å². The number of aliphatic hydroxyl groups is 1. The van der Waals surface area contributed by atoms with Crippen LogP contribution in [0.4, 0.5) is 5.82 Å².